The Balaban J connectivity index is 1.70. The quantitative estimate of drug-likeness (QED) is 0.649. The Hall–Kier alpha value is -2.94. The van der Waals surface area contributed by atoms with Crippen LogP contribution in [0.1, 0.15) is 47.7 Å². The number of nitrogens with zero attached hydrogens (tertiary/aromatic N) is 2. The molecule has 1 saturated heterocycles. The summed E-state index contributed by atoms with van der Waals surface area (Å²) in [7, 11) is 0. The number of anilines is 1. The van der Waals surface area contributed by atoms with Crippen molar-refractivity contribution in [2.45, 2.75) is 38.7 Å². The molecule has 3 heterocycles. The molecule has 9 heteroatoms. The summed E-state index contributed by atoms with van der Waals surface area (Å²) in [6.45, 7) is 2.83. The van der Waals surface area contributed by atoms with Crippen LogP contribution in [0.2, 0.25) is 0 Å². The van der Waals surface area contributed by atoms with Crippen molar-refractivity contribution >= 4 is 16.9 Å². The van der Waals surface area contributed by atoms with Gasteiger partial charge in [0, 0.05) is 30.9 Å². The van der Waals surface area contributed by atoms with E-state index < -0.39 is 17.8 Å². The molecule has 3 aromatic rings. The maximum absolute atomic E-state index is 14.4. The molecule has 2 aromatic heterocycles. The molecule has 0 spiro atoms. The largest absolute Gasteiger partial charge is 0.381 e. The predicted molar refractivity (Wildman–Crippen MR) is 106 cm³/mol. The summed E-state index contributed by atoms with van der Waals surface area (Å²) in [5.41, 5.74) is 0.268. The number of aromatic nitrogens is 3. The maximum atomic E-state index is 14.4. The van der Waals surface area contributed by atoms with E-state index in [9.17, 15) is 18.0 Å². The minimum atomic E-state index is -2.89. The normalized spacial score (nSPS) is 15.1. The van der Waals surface area contributed by atoms with Crippen molar-refractivity contribution in [3.8, 4) is 0 Å². The molecule has 0 unspecified atom stereocenters. The number of halogens is 3. The number of nitrogens with one attached hydrogen (secondary N) is 2. The fraction of sp³-hybridized carbons (Fsp3) is 0.381. The average Bonchev–Trinajstić information content (AvgIpc) is 2.72. The summed E-state index contributed by atoms with van der Waals surface area (Å²) >= 11 is 0. The number of pyridine rings is 1. The Labute approximate surface area is 170 Å². The molecular formula is C21H21F3N4O2. The minimum Gasteiger partial charge on any atom is -0.381 e. The van der Waals surface area contributed by atoms with Crippen LogP contribution < -0.4 is 10.9 Å². The Kier molecular flexibility index (Phi) is 5.72. The molecule has 0 radical (unpaired) electrons. The predicted octanol–water partition coefficient (Wildman–Crippen LogP) is 4.21. The molecule has 0 atom stereocenters. The van der Waals surface area contributed by atoms with Gasteiger partial charge in [-0.2, -0.15) is 0 Å². The van der Waals surface area contributed by atoms with Gasteiger partial charge in [0.1, 0.15) is 23.1 Å². The Morgan fingerprint density at radius 3 is 2.77 bits per heavy atom. The van der Waals surface area contributed by atoms with Gasteiger partial charge in [0.2, 0.25) is 0 Å². The molecular weight excluding hydrogens is 397 g/mol. The van der Waals surface area contributed by atoms with E-state index in [0.29, 0.717) is 41.5 Å². The second-order valence-electron chi connectivity index (χ2n) is 7.30. The van der Waals surface area contributed by atoms with Crippen LogP contribution in [0.4, 0.5) is 19.0 Å². The zero-order valence-electron chi connectivity index (χ0n) is 16.3. The number of hydrogen-bond donors (Lipinski definition) is 2. The Morgan fingerprint density at radius 1 is 1.27 bits per heavy atom. The molecule has 0 amide bonds. The number of hydrogen-bond acceptors (Lipinski definition) is 5. The third-order valence-electron chi connectivity index (χ3n) is 5.30. The number of aryl methyl sites for hydroxylation is 1. The molecule has 0 bridgehead atoms. The van der Waals surface area contributed by atoms with E-state index in [1.165, 1.54) is 12.1 Å². The van der Waals surface area contributed by atoms with Crippen molar-refractivity contribution in [2.24, 2.45) is 0 Å². The molecule has 0 saturated carbocycles. The molecule has 4 rings (SSSR count). The molecule has 1 aliphatic heterocycles. The highest BCUT2D eigenvalue weighted by Crippen LogP contribution is 2.29. The van der Waals surface area contributed by atoms with E-state index in [2.05, 4.69) is 20.3 Å². The van der Waals surface area contributed by atoms with E-state index >= 15 is 0 Å². The topological polar surface area (TPSA) is 79.9 Å². The molecule has 158 valence electrons. The number of rotatable bonds is 5. The van der Waals surface area contributed by atoms with Crippen LogP contribution in [0.15, 0.2) is 29.1 Å². The smallest absolute Gasteiger partial charge is 0.266 e. The summed E-state index contributed by atoms with van der Waals surface area (Å²) < 4.78 is 45.7. The first-order valence-electron chi connectivity index (χ1n) is 9.72. The lowest BCUT2D eigenvalue weighted by Crippen LogP contribution is -2.22. The van der Waals surface area contributed by atoms with Gasteiger partial charge in [-0.3, -0.25) is 4.79 Å². The SMILES string of the molecule is Cc1nc(NCc2cccc(C(F)F)c2F)c2cc(C3CCOCC3)c(=O)[nH]c2n1. The molecule has 1 fully saturated rings. The van der Waals surface area contributed by atoms with Crippen molar-refractivity contribution in [1.82, 2.24) is 15.0 Å². The lowest BCUT2D eigenvalue weighted by molar-refractivity contribution is 0.0851. The van der Waals surface area contributed by atoms with Gasteiger partial charge in [-0.1, -0.05) is 18.2 Å². The molecule has 1 aliphatic rings. The van der Waals surface area contributed by atoms with E-state index in [-0.39, 0.29) is 23.6 Å². The molecule has 2 N–H and O–H groups in total. The van der Waals surface area contributed by atoms with Crippen LogP contribution in [-0.2, 0) is 11.3 Å². The van der Waals surface area contributed by atoms with Crippen LogP contribution in [0.25, 0.3) is 11.0 Å². The van der Waals surface area contributed by atoms with Crippen molar-refractivity contribution in [3.05, 3.63) is 63.0 Å². The fourth-order valence-corrected chi connectivity index (χ4v) is 3.74. The van der Waals surface area contributed by atoms with Crippen LogP contribution in [-0.4, -0.2) is 28.2 Å². The summed E-state index contributed by atoms with van der Waals surface area (Å²) in [6.07, 6.45) is -1.40. The van der Waals surface area contributed by atoms with E-state index in [0.717, 1.165) is 18.9 Å². The number of aromatic amines is 1. The molecule has 30 heavy (non-hydrogen) atoms. The minimum absolute atomic E-state index is 0.0380. The highest BCUT2D eigenvalue weighted by Gasteiger charge is 2.21. The standard InChI is InChI=1S/C21H21F3N4O2/c1-11-26-19(25-10-13-3-2-4-14(17(13)22)18(23)24)16-9-15(12-5-7-30-8-6-12)21(29)28-20(16)27-11/h2-4,9,12,18H,5-8,10H2,1H3,(H2,25,26,27,28,29). The number of benzene rings is 1. The van der Waals surface area contributed by atoms with Crippen LogP contribution in [0.3, 0.4) is 0 Å². The zero-order valence-corrected chi connectivity index (χ0v) is 16.3. The van der Waals surface area contributed by atoms with Gasteiger partial charge in [0.05, 0.1) is 10.9 Å². The van der Waals surface area contributed by atoms with Gasteiger partial charge in [-0.15, -0.1) is 0 Å². The van der Waals surface area contributed by atoms with Gasteiger partial charge < -0.3 is 15.0 Å². The Bertz CT molecular complexity index is 1130. The van der Waals surface area contributed by atoms with Crippen molar-refractivity contribution in [3.63, 3.8) is 0 Å². The van der Waals surface area contributed by atoms with E-state index in [1.807, 2.05) is 0 Å². The molecule has 6 nitrogen and oxygen atoms in total. The number of H-pyrrole nitrogens is 1. The summed E-state index contributed by atoms with van der Waals surface area (Å²) in [5.74, 6) is -0.0437. The Morgan fingerprint density at radius 2 is 2.03 bits per heavy atom. The first-order valence-corrected chi connectivity index (χ1v) is 9.72. The first-order chi connectivity index (χ1) is 14.4. The third-order valence-corrected chi connectivity index (χ3v) is 5.30. The van der Waals surface area contributed by atoms with Crippen molar-refractivity contribution in [1.29, 1.82) is 0 Å². The third kappa shape index (κ3) is 4.02. The van der Waals surface area contributed by atoms with Crippen LogP contribution in [0, 0.1) is 12.7 Å². The molecule has 0 aliphatic carbocycles. The van der Waals surface area contributed by atoms with Gasteiger partial charge in [0.25, 0.3) is 12.0 Å². The summed E-state index contributed by atoms with van der Waals surface area (Å²) in [5, 5.41) is 3.61. The first kappa shape index (κ1) is 20.3. The zero-order chi connectivity index (χ0) is 21.3. The van der Waals surface area contributed by atoms with Gasteiger partial charge in [-0.25, -0.2) is 23.1 Å². The van der Waals surface area contributed by atoms with E-state index in [4.69, 9.17) is 4.74 Å². The fourth-order valence-electron chi connectivity index (χ4n) is 3.74. The lowest BCUT2D eigenvalue weighted by Gasteiger charge is -2.22. The number of fused-ring (bicyclic) bond motifs is 1. The number of ether oxygens (including phenoxy) is 1. The second kappa shape index (κ2) is 8.43. The highest BCUT2D eigenvalue weighted by atomic mass is 19.3. The maximum Gasteiger partial charge on any atom is 0.266 e. The highest BCUT2D eigenvalue weighted by molar-refractivity contribution is 5.86. The van der Waals surface area contributed by atoms with Crippen molar-refractivity contribution < 1.29 is 17.9 Å². The van der Waals surface area contributed by atoms with Crippen molar-refractivity contribution in [2.75, 3.05) is 18.5 Å². The van der Waals surface area contributed by atoms with Crippen LogP contribution in [0.5, 0.6) is 0 Å². The summed E-state index contributed by atoms with van der Waals surface area (Å²) in [6, 6.07) is 5.67. The molecule has 1 aromatic carbocycles. The number of alkyl halides is 2. The van der Waals surface area contributed by atoms with Gasteiger partial charge in [0.15, 0.2) is 0 Å². The van der Waals surface area contributed by atoms with Crippen LogP contribution >= 0.6 is 0 Å². The average molecular weight is 418 g/mol. The lowest BCUT2D eigenvalue weighted by atomic mass is 9.92. The van der Waals surface area contributed by atoms with E-state index in [1.54, 1.807) is 13.0 Å². The monoisotopic (exact) mass is 418 g/mol. The van der Waals surface area contributed by atoms with Gasteiger partial charge >= 0.3 is 0 Å². The summed E-state index contributed by atoms with van der Waals surface area (Å²) in [4.78, 5) is 24.1. The van der Waals surface area contributed by atoms with Gasteiger partial charge in [-0.05, 0) is 31.7 Å². The second-order valence-corrected chi connectivity index (χ2v) is 7.30.